The van der Waals surface area contributed by atoms with E-state index in [1.165, 1.54) is 34.6 Å². The second-order valence-corrected chi connectivity index (χ2v) is 7.67. The van der Waals surface area contributed by atoms with Crippen LogP contribution >= 0.6 is 0 Å². The summed E-state index contributed by atoms with van der Waals surface area (Å²) in [5.74, 6) is -28.0. The van der Waals surface area contributed by atoms with Crippen LogP contribution in [0.2, 0.25) is 0 Å². The van der Waals surface area contributed by atoms with Crippen LogP contribution in [0.25, 0.3) is 0 Å². The summed E-state index contributed by atoms with van der Waals surface area (Å²) < 4.78 is 28.8. The van der Waals surface area contributed by atoms with Crippen molar-refractivity contribution < 1.29 is 77.9 Å². The maximum atomic E-state index is 12.4. The van der Waals surface area contributed by atoms with Gasteiger partial charge in [-0.1, -0.05) is 34.6 Å². The third-order valence-corrected chi connectivity index (χ3v) is 5.13. The average molecular weight is 540 g/mol. The van der Waals surface area contributed by atoms with Gasteiger partial charge in [0, 0.05) is 32.1 Å². The number of hydrogen-bond acceptors (Lipinski definition) is 16. The van der Waals surface area contributed by atoms with Crippen molar-refractivity contribution in [3.63, 3.8) is 0 Å². The molecule has 0 saturated carbocycles. The van der Waals surface area contributed by atoms with Crippen molar-refractivity contribution in [2.45, 2.75) is 95.8 Å². The van der Waals surface area contributed by atoms with Crippen LogP contribution in [0.4, 0.5) is 0 Å². The van der Waals surface area contributed by atoms with Crippen molar-refractivity contribution >= 4 is 29.8 Å². The molecule has 1 heterocycles. The van der Waals surface area contributed by atoms with E-state index in [1.807, 2.05) is 0 Å². The largest absolute Gasteiger partial charge is 0.423 e. The van der Waals surface area contributed by atoms with Gasteiger partial charge in [-0.15, -0.1) is 0 Å². The highest BCUT2D eigenvalue weighted by atomic mass is 17.0. The van der Waals surface area contributed by atoms with E-state index in [1.54, 1.807) is 0 Å². The molecule has 0 aliphatic carbocycles. The Bertz CT molecular complexity index is 905. The van der Waals surface area contributed by atoms with Gasteiger partial charge in [0.1, 0.15) is 6.61 Å². The molecule has 1 rings (SSSR count). The molecule has 212 valence electrons. The monoisotopic (exact) mass is 540 g/mol. The van der Waals surface area contributed by atoms with Gasteiger partial charge in [0.25, 0.3) is 0 Å². The van der Waals surface area contributed by atoms with E-state index in [9.17, 15) is 49.5 Å². The quantitative estimate of drug-likeness (QED) is 0.110. The molecule has 37 heavy (non-hydrogen) atoms. The van der Waals surface area contributed by atoms with Crippen LogP contribution in [-0.2, 0) is 52.4 Å². The first-order valence-electron chi connectivity index (χ1n) is 11.3. The lowest BCUT2D eigenvalue weighted by atomic mass is 9.83. The number of aliphatic hydroxyl groups excluding tert-OH is 1. The minimum Gasteiger partial charge on any atom is -0.423 e. The van der Waals surface area contributed by atoms with Crippen LogP contribution in [0, 0.1) is 0 Å². The van der Waals surface area contributed by atoms with Crippen molar-refractivity contribution in [3.8, 4) is 0 Å². The number of carbonyl (C=O) groups excluding carboxylic acids is 5. The smallest absolute Gasteiger partial charge is 0.407 e. The highest BCUT2D eigenvalue weighted by Crippen LogP contribution is 2.56. The zero-order valence-electron chi connectivity index (χ0n) is 21.0. The molecule has 1 aliphatic heterocycles. The molecule has 0 aromatic carbocycles. The molecule has 5 N–H and O–H groups in total. The van der Waals surface area contributed by atoms with Crippen molar-refractivity contribution in [1.29, 1.82) is 0 Å². The summed E-state index contributed by atoms with van der Waals surface area (Å²) in [5, 5.41) is 56.1. The van der Waals surface area contributed by atoms with Gasteiger partial charge in [-0.25, -0.2) is 0 Å². The normalized spacial score (nSPS) is 33.1. The Kier molecular flexibility index (Phi) is 10.1. The van der Waals surface area contributed by atoms with E-state index < -0.39 is 97.7 Å². The predicted octanol–water partition coefficient (Wildman–Crippen LogP) is -1.82. The summed E-state index contributed by atoms with van der Waals surface area (Å²) >= 11 is 0. The molecule has 0 aromatic heterocycles. The molecule has 5 atom stereocenters. The molecule has 1 saturated heterocycles. The fourth-order valence-corrected chi connectivity index (χ4v) is 3.03. The SMILES string of the molecule is CCC(=O)O[C@@]1(O)O[C@@](CO)(OC(=O)CC)[C@@](O)(OC(=O)CC)[C@@](O)(OC(=O)CC)[C@@]1(O)OC(=O)CC. The maximum Gasteiger partial charge on any atom is 0.407 e. The molecule has 0 spiro atoms. The topological polar surface area (TPSA) is 242 Å². The third-order valence-electron chi connectivity index (χ3n) is 5.13. The molecule has 0 radical (unpaired) electrons. The van der Waals surface area contributed by atoms with Crippen LogP contribution in [0.5, 0.6) is 0 Å². The fourth-order valence-electron chi connectivity index (χ4n) is 3.03. The van der Waals surface area contributed by atoms with E-state index in [0.29, 0.717) is 0 Å². The molecular formula is C21H32O16. The maximum absolute atomic E-state index is 12.4. The Morgan fingerprint density at radius 2 is 0.865 bits per heavy atom. The lowest BCUT2D eigenvalue weighted by Gasteiger charge is -2.60. The number of hydrogen-bond donors (Lipinski definition) is 5. The minimum atomic E-state index is -4.40. The van der Waals surface area contributed by atoms with E-state index in [2.05, 4.69) is 4.74 Å². The fraction of sp³-hybridized carbons (Fsp3) is 0.762. The summed E-state index contributed by atoms with van der Waals surface area (Å²) in [6.07, 6.45) is -2.86. The number of carbonyl (C=O) groups is 5. The first kappa shape index (κ1) is 32.1. The summed E-state index contributed by atoms with van der Waals surface area (Å²) in [4.78, 5) is 61.3. The van der Waals surface area contributed by atoms with Crippen molar-refractivity contribution in [1.82, 2.24) is 0 Å². The van der Waals surface area contributed by atoms with Crippen molar-refractivity contribution in [2.75, 3.05) is 6.61 Å². The van der Waals surface area contributed by atoms with E-state index in [-0.39, 0.29) is 0 Å². The molecule has 0 unspecified atom stereocenters. The Labute approximate surface area is 210 Å². The number of ether oxygens (including phenoxy) is 6. The highest BCUT2D eigenvalue weighted by Gasteiger charge is 2.92. The molecule has 16 nitrogen and oxygen atoms in total. The molecule has 0 bridgehead atoms. The van der Waals surface area contributed by atoms with Gasteiger partial charge < -0.3 is 49.2 Å². The average Bonchev–Trinajstić information content (AvgIpc) is 2.86. The minimum absolute atomic E-state index is 0.516. The highest BCUT2D eigenvalue weighted by molar-refractivity contribution is 5.74. The van der Waals surface area contributed by atoms with Crippen molar-refractivity contribution in [2.24, 2.45) is 0 Å². The lowest BCUT2D eigenvalue weighted by Crippen LogP contribution is -2.91. The standard InChI is InChI=1S/C21H32O16/c1-6-12(23)32-17(11-22)18(28,33-13(24)7-2)19(29,34-14(25)8-3)20(30,35-15(26)9-4)21(31,37-17)36-16(27)10-5/h22,28-31H,6-11H2,1-5H3/t17-,18-,19-,20-,21-/m1/s1. The number of aliphatic hydroxyl groups is 5. The molecule has 0 aromatic rings. The van der Waals surface area contributed by atoms with Gasteiger partial charge >= 0.3 is 59.0 Å². The summed E-state index contributed by atoms with van der Waals surface area (Å²) in [5.41, 5.74) is 0. The second-order valence-electron chi connectivity index (χ2n) is 7.67. The molecular weight excluding hydrogens is 508 g/mol. The second kappa shape index (κ2) is 11.7. The van der Waals surface area contributed by atoms with Crippen LogP contribution in [0.15, 0.2) is 0 Å². The van der Waals surface area contributed by atoms with E-state index in [0.717, 1.165) is 0 Å². The first-order chi connectivity index (χ1) is 17.0. The van der Waals surface area contributed by atoms with Gasteiger partial charge in [0.05, 0.1) is 0 Å². The van der Waals surface area contributed by atoms with Crippen molar-refractivity contribution in [3.05, 3.63) is 0 Å². The zero-order valence-corrected chi connectivity index (χ0v) is 21.0. The van der Waals surface area contributed by atoms with Gasteiger partial charge in [0.2, 0.25) is 0 Å². The Hall–Kier alpha value is -2.89. The molecule has 1 aliphatic rings. The number of rotatable bonds is 11. The van der Waals surface area contributed by atoms with Crippen LogP contribution in [0.1, 0.15) is 66.7 Å². The van der Waals surface area contributed by atoms with Gasteiger partial charge in [-0.3, -0.25) is 28.7 Å². The molecule has 1 fully saturated rings. The molecule has 0 amide bonds. The van der Waals surface area contributed by atoms with Gasteiger partial charge in [-0.2, -0.15) is 0 Å². The molecule has 16 heteroatoms. The third kappa shape index (κ3) is 5.39. The van der Waals surface area contributed by atoms with Crippen LogP contribution in [-0.4, -0.2) is 91.1 Å². The number of esters is 5. The lowest BCUT2D eigenvalue weighted by molar-refractivity contribution is -0.631. The van der Waals surface area contributed by atoms with Gasteiger partial charge in [-0.05, 0) is 0 Å². The van der Waals surface area contributed by atoms with Gasteiger partial charge in [0.15, 0.2) is 0 Å². The summed E-state index contributed by atoms with van der Waals surface area (Å²) in [6.45, 7) is 4.15. The summed E-state index contributed by atoms with van der Waals surface area (Å²) in [7, 11) is 0. The van der Waals surface area contributed by atoms with Crippen LogP contribution in [0.3, 0.4) is 0 Å². The summed E-state index contributed by atoms with van der Waals surface area (Å²) in [6, 6.07) is 0. The van der Waals surface area contributed by atoms with Crippen LogP contribution < -0.4 is 0 Å². The Balaban J connectivity index is 4.27. The predicted molar refractivity (Wildman–Crippen MR) is 113 cm³/mol. The van der Waals surface area contributed by atoms with E-state index >= 15 is 0 Å². The Morgan fingerprint density at radius 3 is 1.24 bits per heavy atom. The zero-order chi connectivity index (χ0) is 28.9. The Morgan fingerprint density at radius 1 is 0.541 bits per heavy atom. The van der Waals surface area contributed by atoms with E-state index in [4.69, 9.17) is 23.7 Å². The first-order valence-corrected chi connectivity index (χ1v) is 11.3.